The normalized spacial score (nSPS) is 12.3. The van der Waals surface area contributed by atoms with Gasteiger partial charge in [-0.15, -0.1) is 0 Å². The first-order valence-corrected chi connectivity index (χ1v) is 8.47. The van der Waals surface area contributed by atoms with E-state index in [0.29, 0.717) is 0 Å². The van der Waals surface area contributed by atoms with Crippen LogP contribution in [0.3, 0.4) is 0 Å². The Kier molecular flexibility index (Phi) is 4.56. The third kappa shape index (κ3) is 3.72. The molecule has 0 aliphatic carbocycles. The van der Waals surface area contributed by atoms with Gasteiger partial charge in [0.2, 0.25) is 9.04 Å². The van der Waals surface area contributed by atoms with Crippen molar-refractivity contribution in [1.29, 1.82) is 0 Å². The minimum absolute atomic E-state index is 0.770. The molecule has 94 valence electrons. The molecule has 0 saturated heterocycles. The maximum atomic E-state index is 5.97. The molecular formula is C15H19NOSi. The minimum atomic E-state index is -1.25. The summed E-state index contributed by atoms with van der Waals surface area (Å²) in [6, 6.07) is 18.5. The number of nitrogen functional groups attached to an aromatic ring is 1. The zero-order valence-corrected chi connectivity index (χ0v) is 11.8. The fraction of sp³-hybridized carbons (Fsp3) is 0.200. The summed E-state index contributed by atoms with van der Waals surface area (Å²) in [6.45, 7) is 2.99. The van der Waals surface area contributed by atoms with Crippen LogP contribution < -0.4 is 10.9 Å². The van der Waals surface area contributed by atoms with Crippen molar-refractivity contribution in [3.05, 3.63) is 60.2 Å². The van der Waals surface area contributed by atoms with Crippen LogP contribution in [-0.2, 0) is 10.8 Å². The standard InChI is InChI=1S/C15H19NOSi/c1-18(15-8-3-2-4-9-15)17-11-10-13-6-5-7-14(16)12-13/h2-9,12,18H,10-11,16H2,1H3. The van der Waals surface area contributed by atoms with Gasteiger partial charge < -0.3 is 10.2 Å². The molecule has 0 aromatic heterocycles. The molecule has 0 aliphatic rings. The van der Waals surface area contributed by atoms with Crippen molar-refractivity contribution in [2.45, 2.75) is 13.0 Å². The maximum Gasteiger partial charge on any atom is 0.205 e. The first-order valence-electron chi connectivity index (χ1n) is 6.26. The predicted octanol–water partition coefficient (Wildman–Crippen LogP) is 2.09. The number of benzene rings is 2. The predicted molar refractivity (Wildman–Crippen MR) is 79.6 cm³/mol. The van der Waals surface area contributed by atoms with Crippen LogP contribution in [0.2, 0.25) is 6.55 Å². The molecule has 2 nitrogen and oxygen atoms in total. The highest BCUT2D eigenvalue weighted by molar-refractivity contribution is 6.66. The molecule has 18 heavy (non-hydrogen) atoms. The Hall–Kier alpha value is -1.58. The summed E-state index contributed by atoms with van der Waals surface area (Å²) in [5.74, 6) is 0. The highest BCUT2D eigenvalue weighted by atomic mass is 28.3. The maximum absolute atomic E-state index is 5.97. The van der Waals surface area contributed by atoms with E-state index < -0.39 is 9.04 Å². The van der Waals surface area contributed by atoms with Gasteiger partial charge >= 0.3 is 0 Å². The van der Waals surface area contributed by atoms with Gasteiger partial charge in [-0.2, -0.15) is 0 Å². The fourth-order valence-corrected chi connectivity index (χ4v) is 3.35. The highest BCUT2D eigenvalue weighted by Gasteiger charge is 2.07. The second-order valence-electron chi connectivity index (χ2n) is 4.42. The number of rotatable bonds is 5. The molecule has 1 unspecified atom stereocenters. The molecule has 0 radical (unpaired) electrons. The largest absolute Gasteiger partial charge is 0.415 e. The van der Waals surface area contributed by atoms with Crippen molar-refractivity contribution in [1.82, 2.24) is 0 Å². The lowest BCUT2D eigenvalue weighted by Crippen LogP contribution is -2.30. The molecular weight excluding hydrogens is 238 g/mol. The van der Waals surface area contributed by atoms with Crippen LogP contribution in [0, 0.1) is 0 Å². The van der Waals surface area contributed by atoms with E-state index in [9.17, 15) is 0 Å². The smallest absolute Gasteiger partial charge is 0.205 e. The van der Waals surface area contributed by atoms with Gasteiger partial charge in [-0.1, -0.05) is 42.5 Å². The van der Waals surface area contributed by atoms with E-state index in [1.54, 1.807) is 0 Å². The second-order valence-corrected chi connectivity index (χ2v) is 6.70. The molecule has 3 heteroatoms. The molecule has 2 aromatic rings. The van der Waals surface area contributed by atoms with Crippen LogP contribution in [0.1, 0.15) is 5.56 Å². The van der Waals surface area contributed by atoms with Gasteiger partial charge in [-0.3, -0.25) is 0 Å². The van der Waals surface area contributed by atoms with Crippen molar-refractivity contribution in [2.75, 3.05) is 12.3 Å². The summed E-state index contributed by atoms with van der Waals surface area (Å²) < 4.78 is 5.97. The summed E-state index contributed by atoms with van der Waals surface area (Å²) >= 11 is 0. The molecule has 0 saturated carbocycles. The Balaban J connectivity index is 1.82. The Morgan fingerprint density at radius 2 is 1.83 bits per heavy atom. The van der Waals surface area contributed by atoms with Crippen LogP contribution in [0.25, 0.3) is 0 Å². The van der Waals surface area contributed by atoms with Crippen molar-refractivity contribution < 1.29 is 4.43 Å². The van der Waals surface area contributed by atoms with Gasteiger partial charge in [0.15, 0.2) is 0 Å². The summed E-state index contributed by atoms with van der Waals surface area (Å²) in [5, 5.41) is 1.35. The highest BCUT2D eigenvalue weighted by Crippen LogP contribution is 2.07. The number of anilines is 1. The third-order valence-corrected chi connectivity index (χ3v) is 5.04. The molecule has 0 spiro atoms. The molecule has 2 rings (SSSR count). The zero-order chi connectivity index (χ0) is 12.8. The van der Waals surface area contributed by atoms with E-state index >= 15 is 0 Å². The molecule has 0 amide bonds. The average Bonchev–Trinajstić information content (AvgIpc) is 2.40. The van der Waals surface area contributed by atoms with Crippen molar-refractivity contribution >= 4 is 19.9 Å². The topological polar surface area (TPSA) is 35.2 Å². The van der Waals surface area contributed by atoms with Gasteiger partial charge in [-0.25, -0.2) is 0 Å². The van der Waals surface area contributed by atoms with Crippen LogP contribution in [0.15, 0.2) is 54.6 Å². The molecule has 2 aromatic carbocycles. The molecule has 2 N–H and O–H groups in total. The zero-order valence-electron chi connectivity index (χ0n) is 10.7. The summed E-state index contributed by atoms with van der Waals surface area (Å²) in [7, 11) is -1.25. The van der Waals surface area contributed by atoms with Gasteiger partial charge in [0, 0.05) is 12.3 Å². The number of hydrogen-bond acceptors (Lipinski definition) is 2. The number of hydrogen-bond donors (Lipinski definition) is 1. The Morgan fingerprint density at radius 1 is 1.06 bits per heavy atom. The lowest BCUT2D eigenvalue weighted by Gasteiger charge is -2.12. The molecule has 0 bridgehead atoms. The van der Waals surface area contributed by atoms with Crippen molar-refractivity contribution in [2.24, 2.45) is 0 Å². The molecule has 0 fully saturated rings. The van der Waals surface area contributed by atoms with Crippen LogP contribution in [0.4, 0.5) is 5.69 Å². The number of nitrogens with two attached hydrogens (primary N) is 1. The quantitative estimate of drug-likeness (QED) is 0.657. The minimum Gasteiger partial charge on any atom is -0.415 e. The van der Waals surface area contributed by atoms with Gasteiger partial charge in [-0.05, 0) is 35.9 Å². The fourth-order valence-electron chi connectivity index (χ4n) is 1.92. The van der Waals surface area contributed by atoms with Gasteiger partial charge in [0.25, 0.3) is 0 Å². The molecule has 0 heterocycles. The Bertz CT molecular complexity index is 487. The Morgan fingerprint density at radius 3 is 2.56 bits per heavy atom. The van der Waals surface area contributed by atoms with Crippen molar-refractivity contribution in [3.63, 3.8) is 0 Å². The van der Waals surface area contributed by atoms with Crippen molar-refractivity contribution in [3.8, 4) is 0 Å². The average molecular weight is 257 g/mol. The van der Waals surface area contributed by atoms with Gasteiger partial charge in [0.1, 0.15) is 0 Å². The van der Waals surface area contributed by atoms with E-state index in [1.807, 2.05) is 24.3 Å². The lowest BCUT2D eigenvalue weighted by atomic mass is 10.1. The van der Waals surface area contributed by atoms with Crippen LogP contribution >= 0.6 is 0 Å². The van der Waals surface area contributed by atoms with Crippen LogP contribution in [-0.4, -0.2) is 15.6 Å². The third-order valence-electron chi connectivity index (χ3n) is 2.98. The van der Waals surface area contributed by atoms with E-state index in [1.165, 1.54) is 10.8 Å². The SMILES string of the molecule is C[SiH](OCCc1cccc(N)c1)c1ccccc1. The second kappa shape index (κ2) is 6.38. The Labute approximate surface area is 110 Å². The summed E-state index contributed by atoms with van der Waals surface area (Å²) in [6.07, 6.45) is 0.926. The summed E-state index contributed by atoms with van der Waals surface area (Å²) in [4.78, 5) is 0. The monoisotopic (exact) mass is 257 g/mol. The molecule has 0 aliphatic heterocycles. The van der Waals surface area contributed by atoms with Gasteiger partial charge in [0.05, 0.1) is 0 Å². The van der Waals surface area contributed by atoms with E-state index in [2.05, 4.69) is 36.9 Å². The first kappa shape index (κ1) is 12.9. The van der Waals surface area contributed by atoms with E-state index in [-0.39, 0.29) is 0 Å². The summed E-state index contributed by atoms with van der Waals surface area (Å²) in [5.41, 5.74) is 7.81. The van der Waals surface area contributed by atoms with Crippen LogP contribution in [0.5, 0.6) is 0 Å². The van der Waals surface area contributed by atoms with E-state index in [4.69, 9.17) is 10.2 Å². The molecule has 1 atom stereocenters. The lowest BCUT2D eigenvalue weighted by molar-refractivity contribution is 0.334. The van der Waals surface area contributed by atoms with E-state index in [0.717, 1.165) is 18.7 Å². The first-order chi connectivity index (χ1) is 8.75.